The number of anilines is 1. The Labute approximate surface area is 116 Å². The minimum Gasteiger partial charge on any atom is -0.469 e. The molecule has 1 rings (SSSR count). The minimum atomic E-state index is -3.62. The second-order valence-corrected chi connectivity index (χ2v) is 6.70. The highest BCUT2D eigenvalue weighted by molar-refractivity contribution is 7.90. The van der Waals surface area contributed by atoms with Gasteiger partial charge in [-0.05, 0) is 13.8 Å². The molecular weight excluding hydrogens is 290 g/mol. The Morgan fingerprint density at radius 2 is 2.21 bits per heavy atom. The number of ether oxygens (including phenoxy) is 1. The first kappa shape index (κ1) is 15.9. The van der Waals surface area contributed by atoms with Crippen molar-refractivity contribution >= 4 is 32.6 Å². The van der Waals surface area contributed by atoms with E-state index in [1.807, 2.05) is 0 Å². The molecule has 0 aliphatic heterocycles. The number of methoxy groups -OCH3 is 1. The highest BCUT2D eigenvalue weighted by atomic mass is 32.2. The summed E-state index contributed by atoms with van der Waals surface area (Å²) in [5, 5.41) is 1.84. The number of carbonyl (C=O) groups excluding carboxylic acids is 1. The predicted octanol–water partition coefficient (Wildman–Crippen LogP) is 0.855. The van der Waals surface area contributed by atoms with E-state index in [-0.39, 0.29) is 17.6 Å². The third-order valence-corrected chi connectivity index (χ3v) is 4.99. The molecule has 0 aliphatic carbocycles. The van der Waals surface area contributed by atoms with Gasteiger partial charge in [-0.2, -0.15) is 12.7 Å². The van der Waals surface area contributed by atoms with Gasteiger partial charge in [0, 0.05) is 18.5 Å². The van der Waals surface area contributed by atoms with E-state index in [4.69, 9.17) is 0 Å². The standard InChI is InChI=1S/C10H17N3O4S2/c1-7(2)13(3)19(15,16)12-10-11-8(6-18-10)5-9(14)17-4/h6-7H,5H2,1-4H3,(H,11,12). The van der Waals surface area contributed by atoms with Crippen molar-refractivity contribution in [3.05, 3.63) is 11.1 Å². The molecule has 0 spiro atoms. The van der Waals surface area contributed by atoms with Gasteiger partial charge in [0.1, 0.15) is 0 Å². The van der Waals surface area contributed by atoms with Crippen LogP contribution in [-0.4, -0.2) is 43.9 Å². The van der Waals surface area contributed by atoms with Crippen molar-refractivity contribution in [3.63, 3.8) is 0 Å². The maximum absolute atomic E-state index is 11.9. The van der Waals surface area contributed by atoms with Crippen LogP contribution in [0.5, 0.6) is 0 Å². The molecule has 0 aromatic carbocycles. The van der Waals surface area contributed by atoms with E-state index in [9.17, 15) is 13.2 Å². The summed E-state index contributed by atoms with van der Waals surface area (Å²) in [5.74, 6) is -0.418. The van der Waals surface area contributed by atoms with Gasteiger partial charge in [-0.3, -0.25) is 4.79 Å². The summed E-state index contributed by atoms with van der Waals surface area (Å²) in [6, 6.07) is -0.160. The molecule has 19 heavy (non-hydrogen) atoms. The molecule has 0 aliphatic rings. The molecule has 1 aromatic heterocycles. The van der Waals surface area contributed by atoms with Crippen molar-refractivity contribution < 1.29 is 17.9 Å². The first-order valence-corrected chi connectivity index (χ1v) is 7.85. The summed E-state index contributed by atoms with van der Waals surface area (Å²) >= 11 is 1.12. The van der Waals surface area contributed by atoms with Crippen molar-refractivity contribution in [1.82, 2.24) is 9.29 Å². The lowest BCUT2D eigenvalue weighted by molar-refractivity contribution is -0.139. The average molecular weight is 307 g/mol. The Morgan fingerprint density at radius 1 is 1.58 bits per heavy atom. The molecule has 0 bridgehead atoms. The topological polar surface area (TPSA) is 88.6 Å². The number of nitrogens with zero attached hydrogens (tertiary/aromatic N) is 2. The summed E-state index contributed by atoms with van der Waals surface area (Å²) < 4.78 is 31.9. The molecule has 0 saturated carbocycles. The van der Waals surface area contributed by atoms with Gasteiger partial charge in [0.15, 0.2) is 5.13 Å². The van der Waals surface area contributed by atoms with Crippen molar-refractivity contribution in [2.75, 3.05) is 18.9 Å². The lowest BCUT2D eigenvalue weighted by Gasteiger charge is -2.20. The number of hydrogen-bond donors (Lipinski definition) is 1. The molecule has 0 amide bonds. The molecule has 1 aromatic rings. The molecule has 9 heteroatoms. The Morgan fingerprint density at radius 3 is 2.74 bits per heavy atom. The minimum absolute atomic E-state index is 0.0226. The van der Waals surface area contributed by atoms with Crippen LogP contribution < -0.4 is 4.72 Å². The van der Waals surface area contributed by atoms with Crippen molar-refractivity contribution in [2.45, 2.75) is 26.3 Å². The van der Waals surface area contributed by atoms with Gasteiger partial charge >= 0.3 is 16.2 Å². The van der Waals surface area contributed by atoms with Crippen molar-refractivity contribution in [3.8, 4) is 0 Å². The van der Waals surface area contributed by atoms with Gasteiger partial charge in [0.25, 0.3) is 0 Å². The van der Waals surface area contributed by atoms with Gasteiger partial charge in [-0.15, -0.1) is 11.3 Å². The largest absolute Gasteiger partial charge is 0.469 e. The van der Waals surface area contributed by atoms with Gasteiger partial charge in [0.2, 0.25) is 0 Å². The average Bonchev–Trinajstić information content (AvgIpc) is 2.74. The molecule has 0 fully saturated rings. The summed E-state index contributed by atoms with van der Waals surface area (Å²) in [7, 11) is -0.848. The highest BCUT2D eigenvalue weighted by Crippen LogP contribution is 2.18. The van der Waals surface area contributed by atoms with E-state index in [2.05, 4.69) is 14.4 Å². The fourth-order valence-corrected chi connectivity index (χ4v) is 3.14. The summed E-state index contributed by atoms with van der Waals surface area (Å²) in [5.41, 5.74) is 0.474. The fraction of sp³-hybridized carbons (Fsp3) is 0.600. The van der Waals surface area contributed by atoms with Crippen molar-refractivity contribution in [2.24, 2.45) is 0 Å². The molecule has 0 radical (unpaired) electrons. The van der Waals surface area contributed by atoms with Crippen LogP contribution in [0.2, 0.25) is 0 Å². The predicted molar refractivity (Wildman–Crippen MR) is 73.3 cm³/mol. The van der Waals surface area contributed by atoms with Crippen LogP contribution in [0.3, 0.4) is 0 Å². The SMILES string of the molecule is COC(=O)Cc1csc(NS(=O)(=O)N(C)C(C)C)n1. The Balaban J connectivity index is 2.76. The van der Waals surface area contributed by atoms with Gasteiger partial charge in [0.05, 0.1) is 19.2 Å². The lowest BCUT2D eigenvalue weighted by Crippen LogP contribution is -2.37. The molecule has 0 saturated heterocycles. The first-order chi connectivity index (χ1) is 8.76. The lowest BCUT2D eigenvalue weighted by atomic mass is 10.3. The smallest absolute Gasteiger partial charge is 0.311 e. The van der Waals surface area contributed by atoms with Crippen LogP contribution in [0.15, 0.2) is 5.38 Å². The number of aromatic nitrogens is 1. The monoisotopic (exact) mass is 307 g/mol. The van der Waals surface area contributed by atoms with E-state index in [0.717, 1.165) is 11.3 Å². The molecule has 1 heterocycles. The van der Waals surface area contributed by atoms with Crippen LogP contribution in [0.4, 0.5) is 5.13 Å². The highest BCUT2D eigenvalue weighted by Gasteiger charge is 2.21. The second kappa shape index (κ2) is 6.31. The number of nitrogens with one attached hydrogen (secondary N) is 1. The number of rotatable bonds is 6. The van der Waals surface area contributed by atoms with E-state index >= 15 is 0 Å². The van der Waals surface area contributed by atoms with Gasteiger partial charge in [-0.1, -0.05) is 0 Å². The third kappa shape index (κ3) is 4.44. The molecule has 0 unspecified atom stereocenters. The van der Waals surface area contributed by atoms with Crippen LogP contribution in [0.1, 0.15) is 19.5 Å². The molecule has 1 N–H and O–H groups in total. The number of thiazole rings is 1. The number of carbonyl (C=O) groups is 1. The van der Waals surface area contributed by atoms with Gasteiger partial charge in [-0.25, -0.2) is 9.71 Å². The third-order valence-electron chi connectivity index (χ3n) is 2.43. The van der Waals surface area contributed by atoms with Crippen LogP contribution in [0.25, 0.3) is 0 Å². The van der Waals surface area contributed by atoms with Crippen molar-refractivity contribution in [1.29, 1.82) is 0 Å². The van der Waals surface area contributed by atoms with Crippen LogP contribution in [0, 0.1) is 0 Å². The zero-order valence-corrected chi connectivity index (χ0v) is 12.8. The molecule has 0 atom stereocenters. The second-order valence-electron chi connectivity index (χ2n) is 4.11. The maximum Gasteiger partial charge on any atom is 0.311 e. The number of hydrogen-bond acceptors (Lipinski definition) is 6. The zero-order valence-electron chi connectivity index (χ0n) is 11.2. The Hall–Kier alpha value is -1.19. The summed E-state index contributed by atoms with van der Waals surface area (Å²) in [6.45, 7) is 3.54. The first-order valence-electron chi connectivity index (χ1n) is 5.53. The maximum atomic E-state index is 11.9. The normalized spacial score (nSPS) is 11.9. The van der Waals surface area contributed by atoms with E-state index in [1.165, 1.54) is 18.5 Å². The van der Waals surface area contributed by atoms with Crippen LogP contribution >= 0.6 is 11.3 Å². The fourth-order valence-electron chi connectivity index (χ4n) is 1.11. The Kier molecular flexibility index (Phi) is 5.27. The summed E-state index contributed by atoms with van der Waals surface area (Å²) in [6.07, 6.45) is 0.0226. The van der Waals surface area contributed by atoms with E-state index in [0.29, 0.717) is 5.69 Å². The molecule has 108 valence electrons. The van der Waals surface area contributed by atoms with E-state index in [1.54, 1.807) is 19.2 Å². The Bertz CT molecular complexity index is 539. The van der Waals surface area contributed by atoms with Crippen LogP contribution in [-0.2, 0) is 26.2 Å². The quantitative estimate of drug-likeness (QED) is 0.787. The van der Waals surface area contributed by atoms with Gasteiger partial charge < -0.3 is 4.74 Å². The zero-order chi connectivity index (χ0) is 14.6. The molecule has 7 nitrogen and oxygen atoms in total. The molecular formula is C10H17N3O4S2. The van der Waals surface area contributed by atoms with E-state index < -0.39 is 16.2 Å². The summed E-state index contributed by atoms with van der Waals surface area (Å²) in [4.78, 5) is 15.1. The number of esters is 1.